The molecule has 3 nitrogen and oxygen atoms in total. The van der Waals surface area contributed by atoms with Gasteiger partial charge in [-0.15, -0.1) is 11.8 Å². The van der Waals surface area contributed by atoms with E-state index in [2.05, 4.69) is 0 Å². The minimum Gasteiger partial charge on any atom is -0.494 e. The van der Waals surface area contributed by atoms with Crippen molar-refractivity contribution in [1.82, 2.24) is 0 Å². The van der Waals surface area contributed by atoms with E-state index >= 15 is 0 Å². The number of methoxy groups -OCH3 is 1. The summed E-state index contributed by atoms with van der Waals surface area (Å²) in [5, 5.41) is 0. The summed E-state index contributed by atoms with van der Waals surface area (Å²) < 4.78 is 10.9. The third-order valence-electron chi connectivity index (χ3n) is 2.53. The van der Waals surface area contributed by atoms with Crippen LogP contribution in [0.5, 0.6) is 17.2 Å². The number of thioether (sulfide) groups is 1. The summed E-state index contributed by atoms with van der Waals surface area (Å²) in [5.74, 6) is 1.98. The summed E-state index contributed by atoms with van der Waals surface area (Å²) >= 11 is 1.69. The number of para-hydroxylation sites is 1. The quantitative estimate of drug-likeness (QED) is 0.671. The van der Waals surface area contributed by atoms with Gasteiger partial charge in [0.1, 0.15) is 17.2 Å². The summed E-state index contributed by atoms with van der Waals surface area (Å²) in [5.41, 5.74) is 6.45. The number of hydrogen-bond donors (Lipinski definition) is 1. The van der Waals surface area contributed by atoms with Gasteiger partial charge in [-0.25, -0.2) is 0 Å². The number of anilines is 1. The van der Waals surface area contributed by atoms with Crippen LogP contribution in [0.4, 0.5) is 5.69 Å². The number of hydrogen-bond acceptors (Lipinski definition) is 4. The molecule has 18 heavy (non-hydrogen) atoms. The smallest absolute Gasteiger partial charge is 0.154 e. The largest absolute Gasteiger partial charge is 0.494 e. The van der Waals surface area contributed by atoms with Crippen molar-refractivity contribution in [3.63, 3.8) is 0 Å². The molecule has 0 spiro atoms. The van der Waals surface area contributed by atoms with E-state index in [9.17, 15) is 0 Å². The van der Waals surface area contributed by atoms with E-state index in [0.29, 0.717) is 17.2 Å². The summed E-state index contributed by atoms with van der Waals surface area (Å²) in [6.07, 6.45) is 2.04. The summed E-state index contributed by atoms with van der Waals surface area (Å²) in [4.78, 5) is 1.20. The first-order chi connectivity index (χ1) is 8.74. The molecule has 0 fully saturated rings. The van der Waals surface area contributed by atoms with Crippen molar-refractivity contribution >= 4 is 17.4 Å². The van der Waals surface area contributed by atoms with Crippen molar-refractivity contribution < 1.29 is 9.47 Å². The number of rotatable bonds is 4. The van der Waals surface area contributed by atoms with Crippen LogP contribution in [0, 0.1) is 0 Å². The fraction of sp³-hybridized carbons (Fsp3) is 0.143. The monoisotopic (exact) mass is 261 g/mol. The van der Waals surface area contributed by atoms with E-state index in [1.165, 1.54) is 4.90 Å². The van der Waals surface area contributed by atoms with Gasteiger partial charge in [0.25, 0.3) is 0 Å². The Morgan fingerprint density at radius 1 is 1.00 bits per heavy atom. The highest BCUT2D eigenvalue weighted by molar-refractivity contribution is 7.98. The van der Waals surface area contributed by atoms with Gasteiger partial charge in [-0.1, -0.05) is 6.07 Å². The molecule has 0 aromatic heterocycles. The Labute approximate surface area is 111 Å². The molecule has 2 aromatic carbocycles. The second-order valence-electron chi connectivity index (χ2n) is 3.65. The minimum atomic E-state index is 0.508. The van der Waals surface area contributed by atoms with Crippen LogP contribution >= 0.6 is 11.8 Å². The zero-order valence-electron chi connectivity index (χ0n) is 10.3. The maximum atomic E-state index is 5.94. The molecule has 0 bridgehead atoms. The molecule has 0 aliphatic rings. The molecule has 0 amide bonds. The van der Waals surface area contributed by atoms with Crippen LogP contribution in [0.3, 0.4) is 0 Å². The van der Waals surface area contributed by atoms with E-state index in [-0.39, 0.29) is 0 Å². The predicted octanol–water partition coefficient (Wildman–Crippen LogP) is 3.79. The lowest BCUT2D eigenvalue weighted by atomic mass is 10.2. The Kier molecular flexibility index (Phi) is 3.99. The molecule has 0 radical (unpaired) electrons. The SMILES string of the molecule is COc1cccc(Oc2ccc(SC)cc2)c1N. The summed E-state index contributed by atoms with van der Waals surface area (Å²) in [7, 11) is 1.59. The number of ether oxygens (including phenoxy) is 2. The van der Waals surface area contributed by atoms with Gasteiger partial charge in [0, 0.05) is 4.90 Å². The van der Waals surface area contributed by atoms with Crippen molar-refractivity contribution in [3.05, 3.63) is 42.5 Å². The molecule has 0 aliphatic carbocycles. The Hall–Kier alpha value is -1.81. The first kappa shape index (κ1) is 12.6. The van der Waals surface area contributed by atoms with Crippen molar-refractivity contribution in [2.24, 2.45) is 0 Å². The first-order valence-electron chi connectivity index (χ1n) is 5.49. The minimum absolute atomic E-state index is 0.508. The highest BCUT2D eigenvalue weighted by Crippen LogP contribution is 2.34. The van der Waals surface area contributed by atoms with E-state index in [1.54, 1.807) is 24.9 Å². The third kappa shape index (κ3) is 2.71. The molecule has 0 unspecified atom stereocenters. The lowest BCUT2D eigenvalue weighted by Gasteiger charge is -2.11. The Morgan fingerprint density at radius 2 is 1.67 bits per heavy atom. The summed E-state index contributed by atoms with van der Waals surface area (Å²) in [6, 6.07) is 13.3. The fourth-order valence-electron chi connectivity index (χ4n) is 1.56. The predicted molar refractivity (Wildman–Crippen MR) is 75.7 cm³/mol. The lowest BCUT2D eigenvalue weighted by Crippen LogP contribution is -1.95. The van der Waals surface area contributed by atoms with Gasteiger partial charge in [-0.2, -0.15) is 0 Å². The van der Waals surface area contributed by atoms with E-state index in [1.807, 2.05) is 42.7 Å². The molecule has 0 saturated heterocycles. The molecule has 2 rings (SSSR count). The standard InChI is InChI=1S/C14H15NO2S/c1-16-12-4-3-5-13(14(12)15)17-10-6-8-11(18-2)9-7-10/h3-9H,15H2,1-2H3. The van der Waals surface area contributed by atoms with E-state index < -0.39 is 0 Å². The third-order valence-corrected chi connectivity index (χ3v) is 3.28. The maximum absolute atomic E-state index is 5.94. The lowest BCUT2D eigenvalue weighted by molar-refractivity contribution is 0.412. The zero-order valence-corrected chi connectivity index (χ0v) is 11.2. The second-order valence-corrected chi connectivity index (χ2v) is 4.53. The molecule has 4 heteroatoms. The first-order valence-corrected chi connectivity index (χ1v) is 6.71. The average molecular weight is 261 g/mol. The molecule has 0 heterocycles. The zero-order chi connectivity index (χ0) is 13.0. The molecule has 0 aliphatic heterocycles. The Morgan fingerprint density at radius 3 is 2.28 bits per heavy atom. The van der Waals surface area contributed by atoms with Crippen LogP contribution in [0.25, 0.3) is 0 Å². The van der Waals surface area contributed by atoms with Crippen molar-refractivity contribution in [1.29, 1.82) is 0 Å². The molecule has 2 aromatic rings. The molecular formula is C14H15NO2S. The van der Waals surface area contributed by atoms with Crippen LogP contribution in [-0.4, -0.2) is 13.4 Å². The van der Waals surface area contributed by atoms with E-state index in [4.69, 9.17) is 15.2 Å². The number of benzene rings is 2. The highest BCUT2D eigenvalue weighted by Gasteiger charge is 2.07. The average Bonchev–Trinajstić information content (AvgIpc) is 2.42. The van der Waals surface area contributed by atoms with Gasteiger partial charge in [-0.3, -0.25) is 0 Å². The maximum Gasteiger partial charge on any atom is 0.154 e. The highest BCUT2D eigenvalue weighted by atomic mass is 32.2. The van der Waals surface area contributed by atoms with Crippen molar-refractivity contribution in [2.75, 3.05) is 19.1 Å². The number of nitrogen functional groups attached to an aromatic ring is 1. The van der Waals surface area contributed by atoms with Crippen LogP contribution < -0.4 is 15.2 Å². The Balaban J connectivity index is 2.22. The van der Waals surface area contributed by atoms with Crippen molar-refractivity contribution in [2.45, 2.75) is 4.90 Å². The van der Waals surface area contributed by atoms with Crippen LogP contribution in [-0.2, 0) is 0 Å². The van der Waals surface area contributed by atoms with Crippen LogP contribution in [0.15, 0.2) is 47.4 Å². The molecular weight excluding hydrogens is 246 g/mol. The van der Waals surface area contributed by atoms with Gasteiger partial charge < -0.3 is 15.2 Å². The van der Waals surface area contributed by atoms with Gasteiger partial charge in [0.15, 0.2) is 5.75 Å². The Bertz CT molecular complexity index is 526. The van der Waals surface area contributed by atoms with Crippen molar-refractivity contribution in [3.8, 4) is 17.2 Å². The fourth-order valence-corrected chi connectivity index (χ4v) is 1.97. The molecule has 0 saturated carbocycles. The van der Waals surface area contributed by atoms with Crippen LogP contribution in [0.1, 0.15) is 0 Å². The topological polar surface area (TPSA) is 44.5 Å². The van der Waals surface area contributed by atoms with Gasteiger partial charge >= 0.3 is 0 Å². The molecule has 0 atom stereocenters. The normalized spacial score (nSPS) is 10.1. The molecule has 94 valence electrons. The number of nitrogens with two attached hydrogens (primary N) is 1. The van der Waals surface area contributed by atoms with Crippen LogP contribution in [0.2, 0.25) is 0 Å². The molecule has 2 N–H and O–H groups in total. The van der Waals surface area contributed by atoms with E-state index in [0.717, 1.165) is 5.75 Å². The van der Waals surface area contributed by atoms with Gasteiger partial charge in [0.2, 0.25) is 0 Å². The van der Waals surface area contributed by atoms with Gasteiger partial charge in [0.05, 0.1) is 7.11 Å². The van der Waals surface area contributed by atoms with Gasteiger partial charge in [-0.05, 0) is 42.7 Å². The second kappa shape index (κ2) is 5.69. The summed E-state index contributed by atoms with van der Waals surface area (Å²) in [6.45, 7) is 0.